The van der Waals surface area contributed by atoms with Gasteiger partial charge in [0.1, 0.15) is 29.9 Å². The lowest BCUT2D eigenvalue weighted by Gasteiger charge is -2.05. The maximum absolute atomic E-state index is 10.4. The highest BCUT2D eigenvalue weighted by atomic mass is 16.4. The van der Waals surface area contributed by atoms with Crippen molar-refractivity contribution in [3.8, 4) is 5.75 Å². The first kappa shape index (κ1) is 39.7. The molecule has 0 aliphatic carbocycles. The molecular formula is C23H41N5O11. The van der Waals surface area contributed by atoms with Crippen molar-refractivity contribution in [1.82, 2.24) is 0 Å². The first-order valence-corrected chi connectivity index (χ1v) is 11.6. The lowest BCUT2D eigenvalue weighted by molar-refractivity contribution is -0.141. The summed E-state index contributed by atoms with van der Waals surface area (Å²) in [6.07, 6.45) is 2.21. The van der Waals surface area contributed by atoms with Crippen LogP contribution in [0.2, 0.25) is 0 Å². The molecule has 16 N–H and O–H groups in total. The molecule has 0 amide bonds. The molecule has 0 heterocycles. The number of benzene rings is 1. The normalized spacial score (nSPS) is 12.8. The van der Waals surface area contributed by atoms with Gasteiger partial charge in [0, 0.05) is 6.42 Å². The number of carboxylic acids is 5. The van der Waals surface area contributed by atoms with Crippen molar-refractivity contribution in [2.24, 2.45) is 28.7 Å². The maximum Gasteiger partial charge on any atom is 0.320 e. The van der Waals surface area contributed by atoms with Gasteiger partial charge in [0.15, 0.2) is 0 Å². The number of unbranched alkanes of at least 4 members (excludes halogenated alkanes) is 1. The largest absolute Gasteiger partial charge is 0.508 e. The van der Waals surface area contributed by atoms with Crippen LogP contribution in [0.5, 0.6) is 5.75 Å². The van der Waals surface area contributed by atoms with Crippen LogP contribution < -0.4 is 28.7 Å². The summed E-state index contributed by atoms with van der Waals surface area (Å²) in [5.74, 6) is -4.95. The van der Waals surface area contributed by atoms with Gasteiger partial charge in [0.05, 0.1) is 0 Å². The summed E-state index contributed by atoms with van der Waals surface area (Å²) in [6.45, 7) is 2.02. The van der Waals surface area contributed by atoms with Crippen LogP contribution in [0.3, 0.4) is 0 Å². The number of carbonyl (C=O) groups is 5. The van der Waals surface area contributed by atoms with Gasteiger partial charge in [-0.25, -0.2) is 0 Å². The third kappa shape index (κ3) is 27.0. The fraction of sp³-hybridized carbons (Fsp3) is 0.522. The molecule has 0 radical (unpaired) electrons. The Kier molecular flexibility index (Phi) is 23.7. The van der Waals surface area contributed by atoms with E-state index in [1.54, 1.807) is 12.1 Å². The van der Waals surface area contributed by atoms with Crippen molar-refractivity contribution < 1.29 is 54.6 Å². The predicted octanol–water partition coefficient (Wildman–Crippen LogP) is -1.44. The Labute approximate surface area is 225 Å². The first-order chi connectivity index (χ1) is 18.0. The van der Waals surface area contributed by atoms with Crippen LogP contribution in [-0.2, 0) is 30.4 Å². The molecule has 0 fully saturated rings. The van der Waals surface area contributed by atoms with Crippen molar-refractivity contribution in [2.45, 2.75) is 69.6 Å². The van der Waals surface area contributed by atoms with Crippen LogP contribution in [0, 0.1) is 0 Å². The summed E-state index contributed by atoms with van der Waals surface area (Å²) in [4.78, 5) is 50.0. The number of phenolic OH excluding ortho intramolecular Hbond substituents is 1. The summed E-state index contributed by atoms with van der Waals surface area (Å²) < 4.78 is 0. The van der Waals surface area contributed by atoms with Gasteiger partial charge in [0.2, 0.25) is 0 Å². The lowest BCUT2D eigenvalue weighted by Crippen LogP contribution is -2.32. The highest BCUT2D eigenvalue weighted by Gasteiger charge is 2.13. The average molecular weight is 564 g/mol. The molecule has 0 aliphatic rings. The van der Waals surface area contributed by atoms with Crippen LogP contribution in [0.25, 0.3) is 0 Å². The van der Waals surface area contributed by atoms with Gasteiger partial charge >= 0.3 is 29.8 Å². The van der Waals surface area contributed by atoms with Gasteiger partial charge in [-0.15, -0.1) is 0 Å². The zero-order chi connectivity index (χ0) is 31.1. The molecule has 0 bridgehead atoms. The molecule has 0 spiro atoms. The molecule has 4 unspecified atom stereocenters. The fourth-order valence-corrected chi connectivity index (χ4v) is 2.01. The highest BCUT2D eigenvalue weighted by Crippen LogP contribution is 2.10. The molecule has 4 atom stereocenters. The maximum atomic E-state index is 10.4. The Hall–Kier alpha value is -3.83. The zero-order valence-corrected chi connectivity index (χ0v) is 21.7. The average Bonchev–Trinajstić information content (AvgIpc) is 2.84. The van der Waals surface area contributed by atoms with E-state index in [4.69, 9.17) is 59.3 Å². The summed E-state index contributed by atoms with van der Waals surface area (Å²) >= 11 is 0. The Morgan fingerprint density at radius 2 is 1.10 bits per heavy atom. The number of phenols is 1. The predicted molar refractivity (Wildman–Crippen MR) is 140 cm³/mol. The Bertz CT molecular complexity index is 867. The second-order valence-corrected chi connectivity index (χ2v) is 8.05. The molecule has 16 nitrogen and oxygen atoms in total. The van der Waals surface area contributed by atoms with E-state index in [9.17, 15) is 24.0 Å². The summed E-state index contributed by atoms with van der Waals surface area (Å²) in [5, 5.41) is 49.9. The molecule has 224 valence electrons. The number of nitrogens with two attached hydrogens (primary N) is 5. The number of carboxylic acid groups (broad SMARTS) is 5. The molecule has 0 aliphatic heterocycles. The van der Waals surface area contributed by atoms with Crippen LogP contribution in [-0.4, -0.2) is 91.2 Å². The van der Waals surface area contributed by atoms with Crippen molar-refractivity contribution in [3.63, 3.8) is 0 Å². The number of rotatable bonds is 13. The Balaban J connectivity index is -0.000000458. The Morgan fingerprint density at radius 3 is 1.44 bits per heavy atom. The van der Waals surface area contributed by atoms with Crippen LogP contribution in [0.15, 0.2) is 24.3 Å². The van der Waals surface area contributed by atoms with Gasteiger partial charge in [-0.2, -0.15) is 0 Å². The van der Waals surface area contributed by atoms with E-state index >= 15 is 0 Å². The highest BCUT2D eigenvalue weighted by molar-refractivity contribution is 5.75. The van der Waals surface area contributed by atoms with E-state index in [1.165, 1.54) is 19.1 Å². The molecule has 1 rings (SSSR count). The monoisotopic (exact) mass is 563 g/mol. The topological polar surface area (TPSA) is 337 Å². The summed E-state index contributed by atoms with van der Waals surface area (Å²) in [6, 6.07) is 2.92. The van der Waals surface area contributed by atoms with Gasteiger partial charge in [-0.3, -0.25) is 24.0 Å². The summed E-state index contributed by atoms with van der Waals surface area (Å²) in [5.41, 5.74) is 26.4. The van der Waals surface area contributed by atoms with E-state index in [2.05, 4.69) is 0 Å². The minimum Gasteiger partial charge on any atom is -0.508 e. The SMILES string of the molecule is CC(N)C(=O)O.NC(CCC(=O)O)C(=O)O.NC(Cc1ccc(O)cc1)C(=O)O.NCCCCC(N)C(=O)O. The van der Waals surface area contributed by atoms with E-state index < -0.39 is 54.0 Å². The quantitative estimate of drug-likeness (QED) is 0.122. The number of hydrogen-bond acceptors (Lipinski definition) is 11. The van der Waals surface area contributed by atoms with Crippen LogP contribution in [0.1, 0.15) is 44.6 Å². The molecule has 39 heavy (non-hydrogen) atoms. The van der Waals surface area contributed by atoms with Crippen molar-refractivity contribution in [1.29, 1.82) is 0 Å². The first-order valence-electron chi connectivity index (χ1n) is 11.6. The van der Waals surface area contributed by atoms with E-state index in [0.717, 1.165) is 18.4 Å². The second-order valence-electron chi connectivity index (χ2n) is 8.05. The fourth-order valence-electron chi connectivity index (χ4n) is 2.01. The van der Waals surface area contributed by atoms with E-state index in [-0.39, 0.29) is 25.0 Å². The molecule has 0 saturated heterocycles. The van der Waals surface area contributed by atoms with Crippen molar-refractivity contribution in [2.75, 3.05) is 6.54 Å². The van der Waals surface area contributed by atoms with Crippen LogP contribution >= 0.6 is 0 Å². The minimum absolute atomic E-state index is 0.0231. The van der Waals surface area contributed by atoms with Gasteiger partial charge in [-0.05, 0) is 56.8 Å². The molecule has 16 heteroatoms. The zero-order valence-electron chi connectivity index (χ0n) is 21.7. The Morgan fingerprint density at radius 1 is 0.692 bits per heavy atom. The van der Waals surface area contributed by atoms with Crippen molar-refractivity contribution >= 4 is 29.8 Å². The second kappa shape index (κ2) is 23.3. The molecule has 1 aromatic carbocycles. The van der Waals surface area contributed by atoms with E-state index in [0.29, 0.717) is 13.0 Å². The van der Waals surface area contributed by atoms with Gasteiger partial charge < -0.3 is 59.3 Å². The molecule has 0 saturated carbocycles. The standard InChI is InChI=1S/C9H11NO3.C6H14N2O2.C5H9NO4.C3H7NO2/c10-8(9(12)13)5-6-1-3-7(11)4-2-6;7-4-2-1-3-5(8)6(9)10;6-3(5(9)10)1-2-4(7)8;1-2(4)3(5)6/h1-4,8,11H,5,10H2,(H,12,13);5H,1-4,7-8H2,(H,9,10);3H,1-2,6H2,(H,7,8)(H,9,10);2H,4H2,1H3,(H,5,6). The molecule has 0 aromatic heterocycles. The number of hydrogen-bond donors (Lipinski definition) is 11. The lowest BCUT2D eigenvalue weighted by atomic mass is 10.1. The third-order valence-corrected chi connectivity index (χ3v) is 4.37. The summed E-state index contributed by atoms with van der Waals surface area (Å²) in [7, 11) is 0. The smallest absolute Gasteiger partial charge is 0.320 e. The number of aliphatic carboxylic acids is 5. The number of aromatic hydroxyl groups is 1. The van der Waals surface area contributed by atoms with Gasteiger partial charge in [0.25, 0.3) is 0 Å². The third-order valence-electron chi connectivity index (χ3n) is 4.37. The van der Waals surface area contributed by atoms with E-state index in [1.807, 2.05) is 0 Å². The van der Waals surface area contributed by atoms with Gasteiger partial charge in [-0.1, -0.05) is 18.6 Å². The molecule has 1 aromatic rings. The molecular weight excluding hydrogens is 522 g/mol. The van der Waals surface area contributed by atoms with Crippen molar-refractivity contribution in [3.05, 3.63) is 29.8 Å². The minimum atomic E-state index is -1.17. The van der Waals surface area contributed by atoms with Crippen LogP contribution in [0.4, 0.5) is 0 Å².